The molecule has 0 bridgehead atoms. The first kappa shape index (κ1) is 24.4. The minimum Gasteiger partial charge on any atom is -0.381 e. The zero-order valence-corrected chi connectivity index (χ0v) is 20.8. The van der Waals surface area contributed by atoms with Crippen molar-refractivity contribution < 1.29 is 9.47 Å². The molecule has 1 N–H and O–H groups in total. The first-order valence-corrected chi connectivity index (χ1v) is 10.8. The molecule has 0 saturated carbocycles. The van der Waals surface area contributed by atoms with Crippen molar-refractivity contribution in [2.45, 2.75) is 38.6 Å². The van der Waals surface area contributed by atoms with Crippen LogP contribution in [0.5, 0.6) is 0 Å². The number of ether oxygens (including phenoxy) is 2. The normalized spacial score (nSPS) is 15.1. The van der Waals surface area contributed by atoms with Gasteiger partial charge in [0.1, 0.15) is 0 Å². The van der Waals surface area contributed by atoms with Gasteiger partial charge in [-0.2, -0.15) is 0 Å². The van der Waals surface area contributed by atoms with Gasteiger partial charge in [-0.05, 0) is 36.1 Å². The molecule has 0 amide bonds. The van der Waals surface area contributed by atoms with Gasteiger partial charge >= 0.3 is 0 Å². The quantitative estimate of drug-likeness (QED) is 0.303. The Bertz CT molecular complexity index is 781. The average Bonchev–Trinajstić information content (AvgIpc) is 3.12. The molecule has 2 aromatic rings. The zero-order chi connectivity index (χ0) is 19.8. The van der Waals surface area contributed by atoms with Crippen LogP contribution >= 0.6 is 46.9 Å². The van der Waals surface area contributed by atoms with E-state index in [-0.39, 0.29) is 24.0 Å². The Kier molecular flexibility index (Phi) is 10.7. The Morgan fingerprint density at radius 2 is 2.03 bits per heavy atom. The number of hydrogen-bond acceptors (Lipinski definition) is 4. The maximum Gasteiger partial charge on any atom is 0.193 e. The van der Waals surface area contributed by atoms with E-state index in [1.54, 1.807) is 18.4 Å². The van der Waals surface area contributed by atoms with Crippen molar-refractivity contribution in [1.29, 1.82) is 0 Å². The van der Waals surface area contributed by atoms with E-state index in [1.807, 2.05) is 13.1 Å². The smallest absolute Gasteiger partial charge is 0.193 e. The predicted molar refractivity (Wildman–Crippen MR) is 131 cm³/mol. The van der Waals surface area contributed by atoms with Crippen molar-refractivity contribution in [3.8, 4) is 0 Å². The highest BCUT2D eigenvalue weighted by Crippen LogP contribution is 2.22. The molecule has 0 atom stereocenters. The zero-order valence-electron chi connectivity index (χ0n) is 16.9. The molecule has 160 valence electrons. The van der Waals surface area contributed by atoms with Gasteiger partial charge in [0.05, 0.1) is 23.6 Å². The van der Waals surface area contributed by atoms with Gasteiger partial charge in [0.2, 0.25) is 0 Å². The minimum atomic E-state index is 0. The first-order chi connectivity index (χ1) is 13.6. The lowest BCUT2D eigenvalue weighted by Gasteiger charge is -2.23. The van der Waals surface area contributed by atoms with Crippen molar-refractivity contribution in [2.24, 2.45) is 4.99 Å². The lowest BCUT2D eigenvalue weighted by Crippen LogP contribution is -2.37. The van der Waals surface area contributed by atoms with Gasteiger partial charge < -0.3 is 19.7 Å². The van der Waals surface area contributed by atoms with Crippen LogP contribution in [-0.4, -0.2) is 44.3 Å². The topological polar surface area (TPSA) is 46.1 Å². The summed E-state index contributed by atoms with van der Waals surface area (Å²) < 4.78 is 12.2. The number of guanidine groups is 1. The molecule has 1 aromatic heterocycles. The number of hydrogen-bond donors (Lipinski definition) is 1. The fourth-order valence-corrected chi connectivity index (χ4v) is 4.34. The van der Waals surface area contributed by atoms with Crippen molar-refractivity contribution in [1.82, 2.24) is 10.2 Å². The van der Waals surface area contributed by atoms with Gasteiger partial charge in [-0.25, -0.2) is 0 Å². The van der Waals surface area contributed by atoms with Crippen LogP contribution in [0.3, 0.4) is 0 Å². The number of rotatable bonds is 7. The molecular weight excluding hydrogens is 521 g/mol. The highest BCUT2D eigenvalue weighted by Gasteiger charge is 2.14. The van der Waals surface area contributed by atoms with Crippen LogP contribution in [-0.2, 0) is 29.2 Å². The second-order valence-electron chi connectivity index (χ2n) is 6.91. The average molecular weight is 550 g/mol. The molecule has 2 heterocycles. The van der Waals surface area contributed by atoms with Crippen molar-refractivity contribution >= 4 is 52.9 Å². The van der Waals surface area contributed by atoms with E-state index in [2.05, 4.69) is 45.5 Å². The van der Waals surface area contributed by atoms with Crippen LogP contribution < -0.4 is 5.32 Å². The largest absolute Gasteiger partial charge is 0.381 e. The van der Waals surface area contributed by atoms with Crippen LogP contribution in [0.4, 0.5) is 0 Å². The molecule has 5 nitrogen and oxygen atoms in total. The molecule has 8 heteroatoms. The van der Waals surface area contributed by atoms with Crippen LogP contribution in [0.1, 0.15) is 28.8 Å². The molecule has 1 aliphatic rings. The van der Waals surface area contributed by atoms with Gasteiger partial charge in [0.15, 0.2) is 5.96 Å². The summed E-state index contributed by atoms with van der Waals surface area (Å²) in [4.78, 5) is 7.70. The summed E-state index contributed by atoms with van der Waals surface area (Å²) in [6.45, 7) is 3.74. The van der Waals surface area contributed by atoms with Gasteiger partial charge in [0.25, 0.3) is 0 Å². The molecule has 3 rings (SSSR count). The molecule has 1 saturated heterocycles. The van der Waals surface area contributed by atoms with Crippen LogP contribution in [0.25, 0.3) is 0 Å². The van der Waals surface area contributed by atoms with E-state index in [9.17, 15) is 0 Å². The summed E-state index contributed by atoms with van der Waals surface area (Å²) in [5, 5.41) is 3.44. The van der Waals surface area contributed by atoms with E-state index >= 15 is 0 Å². The second-order valence-corrected chi connectivity index (χ2v) is 8.70. The molecule has 1 fully saturated rings. The Balaban J connectivity index is 0.00000300. The van der Waals surface area contributed by atoms with Gasteiger partial charge in [-0.15, -0.1) is 35.3 Å². The summed E-state index contributed by atoms with van der Waals surface area (Å²) in [6, 6.07) is 12.5. The molecule has 0 aliphatic carbocycles. The third-order valence-corrected chi connectivity index (χ3v) is 5.91. The van der Waals surface area contributed by atoms with E-state index in [4.69, 9.17) is 21.1 Å². The van der Waals surface area contributed by atoms with Crippen LogP contribution in [0.15, 0.2) is 41.4 Å². The SMILES string of the molecule is CN=C(NCc1cccc(COC2CCOCC2)c1)N(C)Cc1ccc(Cl)s1.I. The number of halogens is 2. The first-order valence-electron chi connectivity index (χ1n) is 9.57. The molecule has 1 aliphatic heterocycles. The highest BCUT2D eigenvalue weighted by atomic mass is 127. The monoisotopic (exact) mass is 549 g/mol. The van der Waals surface area contributed by atoms with Crippen LogP contribution in [0.2, 0.25) is 4.34 Å². The molecule has 0 unspecified atom stereocenters. The number of nitrogens with zero attached hydrogens (tertiary/aromatic N) is 2. The maximum absolute atomic E-state index is 6.04. The molecule has 29 heavy (non-hydrogen) atoms. The number of benzene rings is 1. The van der Waals surface area contributed by atoms with E-state index in [1.165, 1.54) is 16.0 Å². The highest BCUT2D eigenvalue weighted by molar-refractivity contribution is 14.0. The van der Waals surface area contributed by atoms with Gasteiger partial charge in [-0.3, -0.25) is 4.99 Å². The van der Waals surface area contributed by atoms with Gasteiger partial charge in [0, 0.05) is 38.7 Å². The molecule has 0 radical (unpaired) electrons. The Morgan fingerprint density at radius 3 is 2.72 bits per heavy atom. The summed E-state index contributed by atoms with van der Waals surface area (Å²) in [5.41, 5.74) is 2.41. The van der Waals surface area contributed by atoms with Crippen LogP contribution in [0, 0.1) is 0 Å². The molecule has 0 spiro atoms. The molecule has 1 aromatic carbocycles. The second kappa shape index (κ2) is 12.7. The standard InChI is InChI=1S/C21H28ClN3O2S.HI/c1-23-21(25(2)14-19-6-7-20(22)28-19)24-13-16-4-3-5-17(12-16)15-27-18-8-10-26-11-9-18;/h3-7,12,18H,8-11,13-15H2,1-2H3,(H,23,24);1H. The maximum atomic E-state index is 6.04. The van der Waals surface area contributed by atoms with E-state index in [0.29, 0.717) is 19.3 Å². The fourth-order valence-electron chi connectivity index (χ4n) is 3.20. The third kappa shape index (κ3) is 8.05. The molecular formula is C21H29ClIN3O2S. The van der Waals surface area contributed by atoms with E-state index in [0.717, 1.165) is 42.9 Å². The third-order valence-electron chi connectivity index (χ3n) is 4.69. The fraction of sp³-hybridized carbons (Fsp3) is 0.476. The summed E-state index contributed by atoms with van der Waals surface area (Å²) in [6.07, 6.45) is 2.28. The summed E-state index contributed by atoms with van der Waals surface area (Å²) >= 11 is 7.62. The van der Waals surface area contributed by atoms with Gasteiger partial charge in [-0.1, -0.05) is 35.9 Å². The lowest BCUT2D eigenvalue weighted by molar-refractivity contribution is -0.0390. The minimum absolute atomic E-state index is 0. The Labute approximate surface area is 199 Å². The summed E-state index contributed by atoms with van der Waals surface area (Å²) in [7, 11) is 3.83. The Morgan fingerprint density at radius 1 is 1.28 bits per heavy atom. The number of nitrogens with one attached hydrogen (secondary N) is 1. The lowest BCUT2D eigenvalue weighted by atomic mass is 10.1. The number of thiophene rings is 1. The predicted octanol–water partition coefficient (Wildman–Crippen LogP) is 4.92. The van der Waals surface area contributed by atoms with Crippen molar-refractivity contribution in [3.63, 3.8) is 0 Å². The van der Waals surface area contributed by atoms with E-state index < -0.39 is 0 Å². The Hall–Kier alpha value is -0.870. The van der Waals surface area contributed by atoms with Crippen molar-refractivity contribution in [2.75, 3.05) is 27.3 Å². The number of aliphatic imine (C=N–C) groups is 1. The summed E-state index contributed by atoms with van der Waals surface area (Å²) in [5.74, 6) is 0.855. The van der Waals surface area contributed by atoms with Crippen molar-refractivity contribution in [3.05, 3.63) is 56.7 Å².